The van der Waals surface area contributed by atoms with Crippen LogP contribution in [0.15, 0.2) is 0 Å². The number of carbonyl (C=O) groups is 9. The molecule has 0 aliphatic rings. The number of rotatable bonds is 25. The van der Waals surface area contributed by atoms with Gasteiger partial charge in [0, 0.05) is 6.92 Å². The molecule has 18 nitrogen and oxygen atoms in total. The fraction of sp³-hybridized carbons (Fsp3) is 0.750. The fourth-order valence-corrected chi connectivity index (χ4v) is 4.62. The molecule has 308 valence electrons. The van der Waals surface area contributed by atoms with Gasteiger partial charge in [0.1, 0.15) is 48.8 Å². The summed E-state index contributed by atoms with van der Waals surface area (Å²) in [7, 11) is 0. The number of esters is 9. The molecule has 0 unspecified atom stereocenters. The number of hydrogen-bond acceptors (Lipinski definition) is 18. The summed E-state index contributed by atoms with van der Waals surface area (Å²) in [4.78, 5) is 108. The van der Waals surface area contributed by atoms with E-state index in [9.17, 15) is 43.2 Å². The Labute approximate surface area is 315 Å². The standard InChI is InChI=1S/C36H56O18/c1-11-46-29(38)12-21(3)48-31(40)14-23(5)50-33(42)16-25(7)52-35(44)18-27(9)54-36(45)19-26(8)53-34(43)17-24(6)51-32(41)15-22(4)49-30(39)13-20(2)47-28(10)37/h20-27H,11-19H2,1-10H3/t20-,21-,22-,23-,24-,25-,26-,27-/m1/s1. The maximum absolute atomic E-state index is 12.4. The van der Waals surface area contributed by atoms with E-state index in [2.05, 4.69) is 0 Å². The average molecular weight is 777 g/mol. The quantitative estimate of drug-likeness (QED) is 0.0956. The van der Waals surface area contributed by atoms with Crippen LogP contribution in [0.4, 0.5) is 0 Å². The minimum Gasteiger partial charge on any atom is -0.466 e. The first kappa shape index (κ1) is 49.2. The van der Waals surface area contributed by atoms with Crippen molar-refractivity contribution in [3.8, 4) is 0 Å². The lowest BCUT2D eigenvalue weighted by Gasteiger charge is -2.19. The molecule has 0 saturated carbocycles. The zero-order valence-corrected chi connectivity index (χ0v) is 32.8. The average Bonchev–Trinajstić information content (AvgIpc) is 2.94. The van der Waals surface area contributed by atoms with Crippen molar-refractivity contribution in [1.82, 2.24) is 0 Å². The zero-order valence-electron chi connectivity index (χ0n) is 32.8. The Bertz CT molecular complexity index is 1280. The van der Waals surface area contributed by atoms with Gasteiger partial charge in [0.05, 0.1) is 58.0 Å². The Balaban J connectivity index is 4.42. The van der Waals surface area contributed by atoms with Gasteiger partial charge < -0.3 is 42.6 Å². The van der Waals surface area contributed by atoms with Gasteiger partial charge in [0.25, 0.3) is 0 Å². The van der Waals surface area contributed by atoms with Gasteiger partial charge in [-0.15, -0.1) is 0 Å². The molecule has 0 heterocycles. The highest BCUT2D eigenvalue weighted by Gasteiger charge is 2.25. The van der Waals surface area contributed by atoms with Crippen LogP contribution in [0.5, 0.6) is 0 Å². The molecule has 0 amide bonds. The molecule has 0 spiro atoms. The van der Waals surface area contributed by atoms with Gasteiger partial charge in [-0.3, -0.25) is 43.2 Å². The van der Waals surface area contributed by atoms with E-state index in [0.717, 1.165) is 0 Å². The minimum atomic E-state index is -0.914. The predicted molar refractivity (Wildman–Crippen MR) is 184 cm³/mol. The van der Waals surface area contributed by atoms with E-state index in [1.807, 2.05) is 0 Å². The zero-order chi connectivity index (χ0) is 41.5. The van der Waals surface area contributed by atoms with Crippen molar-refractivity contribution in [1.29, 1.82) is 0 Å². The Kier molecular flexibility index (Phi) is 23.8. The molecule has 0 aromatic carbocycles. The van der Waals surface area contributed by atoms with Crippen molar-refractivity contribution in [2.45, 2.75) is 169 Å². The van der Waals surface area contributed by atoms with Crippen molar-refractivity contribution in [2.75, 3.05) is 6.61 Å². The summed E-state index contributed by atoms with van der Waals surface area (Å²) in [5.41, 5.74) is 0. The second kappa shape index (κ2) is 26.1. The van der Waals surface area contributed by atoms with E-state index in [1.54, 1.807) is 6.92 Å². The third kappa shape index (κ3) is 26.1. The molecule has 18 heteroatoms. The van der Waals surface area contributed by atoms with Crippen LogP contribution in [-0.2, 0) is 85.8 Å². The lowest BCUT2D eigenvalue weighted by molar-refractivity contribution is -0.164. The summed E-state index contributed by atoms with van der Waals surface area (Å²) in [6.45, 7) is 14.9. The van der Waals surface area contributed by atoms with Crippen molar-refractivity contribution in [3.63, 3.8) is 0 Å². The number of hydrogen-bond donors (Lipinski definition) is 0. The highest BCUT2D eigenvalue weighted by atomic mass is 16.6. The summed E-state index contributed by atoms with van der Waals surface area (Å²) in [5.74, 6) is -6.13. The van der Waals surface area contributed by atoms with E-state index in [-0.39, 0.29) is 58.0 Å². The van der Waals surface area contributed by atoms with Gasteiger partial charge in [-0.2, -0.15) is 0 Å². The molecule has 54 heavy (non-hydrogen) atoms. The molecule has 0 aliphatic carbocycles. The normalized spacial score (nSPS) is 15.2. The first-order valence-electron chi connectivity index (χ1n) is 17.8. The highest BCUT2D eigenvalue weighted by Crippen LogP contribution is 2.13. The summed E-state index contributed by atoms with van der Waals surface area (Å²) in [6, 6.07) is 0. The molecular formula is C36H56O18. The Morgan fingerprint density at radius 1 is 0.315 bits per heavy atom. The third-order valence-electron chi connectivity index (χ3n) is 6.63. The van der Waals surface area contributed by atoms with E-state index in [0.29, 0.717) is 0 Å². The first-order valence-corrected chi connectivity index (χ1v) is 17.8. The molecule has 0 fully saturated rings. The summed E-state index contributed by atoms with van der Waals surface area (Å²) < 4.78 is 45.8. The summed E-state index contributed by atoms with van der Waals surface area (Å²) >= 11 is 0. The molecule has 0 radical (unpaired) electrons. The van der Waals surface area contributed by atoms with E-state index in [1.165, 1.54) is 62.3 Å². The molecule has 0 aliphatic heterocycles. The van der Waals surface area contributed by atoms with Crippen LogP contribution >= 0.6 is 0 Å². The lowest BCUT2D eigenvalue weighted by Crippen LogP contribution is -2.28. The first-order chi connectivity index (χ1) is 25.1. The number of ether oxygens (including phenoxy) is 9. The summed E-state index contributed by atoms with van der Waals surface area (Å²) in [6.07, 6.45) is -8.86. The van der Waals surface area contributed by atoms with Crippen molar-refractivity contribution in [3.05, 3.63) is 0 Å². The molecule has 0 N–H and O–H groups in total. The Morgan fingerprint density at radius 3 is 0.648 bits per heavy atom. The smallest absolute Gasteiger partial charge is 0.309 e. The minimum absolute atomic E-state index is 0.112. The monoisotopic (exact) mass is 776 g/mol. The van der Waals surface area contributed by atoms with Gasteiger partial charge in [0.2, 0.25) is 0 Å². The summed E-state index contributed by atoms with van der Waals surface area (Å²) in [5, 5.41) is 0. The second-order valence-corrected chi connectivity index (χ2v) is 13.0. The van der Waals surface area contributed by atoms with Crippen LogP contribution in [0.3, 0.4) is 0 Å². The SMILES string of the molecule is CCOC(=O)C[C@@H](C)OC(=O)C[C@@H](C)OC(=O)C[C@@H](C)OC(=O)C[C@@H](C)OC(=O)C[C@@H](C)OC(=O)C[C@@H](C)OC(=O)C[C@@H](C)OC(=O)C[C@@H](C)OC(C)=O. The second-order valence-electron chi connectivity index (χ2n) is 13.0. The van der Waals surface area contributed by atoms with E-state index < -0.39 is 103 Å². The third-order valence-corrected chi connectivity index (χ3v) is 6.63. The van der Waals surface area contributed by atoms with Gasteiger partial charge in [-0.1, -0.05) is 0 Å². The highest BCUT2D eigenvalue weighted by molar-refractivity contribution is 5.77. The van der Waals surface area contributed by atoms with Crippen LogP contribution < -0.4 is 0 Å². The molecule has 0 aromatic heterocycles. The van der Waals surface area contributed by atoms with E-state index in [4.69, 9.17) is 42.6 Å². The van der Waals surface area contributed by atoms with Gasteiger partial charge in [-0.05, 0) is 62.3 Å². The fourth-order valence-electron chi connectivity index (χ4n) is 4.62. The topological polar surface area (TPSA) is 237 Å². The van der Waals surface area contributed by atoms with Crippen LogP contribution in [0.1, 0.15) is 121 Å². The van der Waals surface area contributed by atoms with Crippen LogP contribution in [0, 0.1) is 0 Å². The van der Waals surface area contributed by atoms with Gasteiger partial charge in [-0.25, -0.2) is 0 Å². The largest absolute Gasteiger partial charge is 0.466 e. The van der Waals surface area contributed by atoms with Gasteiger partial charge >= 0.3 is 53.7 Å². The van der Waals surface area contributed by atoms with Gasteiger partial charge in [0.15, 0.2) is 0 Å². The molecule has 0 saturated heterocycles. The molecular weight excluding hydrogens is 720 g/mol. The van der Waals surface area contributed by atoms with Crippen molar-refractivity contribution < 1.29 is 85.8 Å². The lowest BCUT2D eigenvalue weighted by atomic mass is 10.2. The maximum Gasteiger partial charge on any atom is 0.309 e. The maximum atomic E-state index is 12.4. The molecule has 0 bridgehead atoms. The number of carbonyl (C=O) groups excluding carboxylic acids is 9. The molecule has 8 atom stereocenters. The molecule has 0 rings (SSSR count). The van der Waals surface area contributed by atoms with Crippen molar-refractivity contribution >= 4 is 53.7 Å². The van der Waals surface area contributed by atoms with Crippen LogP contribution in [0.25, 0.3) is 0 Å². The van der Waals surface area contributed by atoms with E-state index >= 15 is 0 Å². The predicted octanol–water partition coefficient (Wildman–Crippen LogP) is 3.14. The Hall–Kier alpha value is -4.77. The van der Waals surface area contributed by atoms with Crippen molar-refractivity contribution in [2.24, 2.45) is 0 Å². The Morgan fingerprint density at radius 2 is 0.481 bits per heavy atom. The molecule has 0 aromatic rings. The van der Waals surface area contributed by atoms with Crippen LogP contribution in [-0.4, -0.2) is 109 Å². The van der Waals surface area contributed by atoms with Crippen LogP contribution in [0.2, 0.25) is 0 Å².